The van der Waals surface area contributed by atoms with Gasteiger partial charge in [0, 0.05) is 24.6 Å². The number of carbonyl (C=O) groups is 2. The first-order chi connectivity index (χ1) is 12.0. The Hall–Kier alpha value is -2.62. The third-order valence-corrected chi connectivity index (χ3v) is 4.07. The molecule has 0 saturated heterocycles. The fraction of sp³-hybridized carbons (Fsp3) is 0.333. The minimum absolute atomic E-state index is 0.0159. The van der Waals surface area contributed by atoms with Crippen molar-refractivity contribution in [2.24, 2.45) is 5.92 Å². The molecule has 0 aromatic heterocycles. The van der Waals surface area contributed by atoms with Crippen LogP contribution < -0.4 is 10.6 Å². The van der Waals surface area contributed by atoms with Crippen molar-refractivity contribution >= 4 is 17.5 Å². The highest BCUT2D eigenvalue weighted by Gasteiger charge is 2.11. The second kappa shape index (κ2) is 9.02. The molecule has 1 atom stereocenters. The Morgan fingerprint density at radius 1 is 0.960 bits per heavy atom. The van der Waals surface area contributed by atoms with Gasteiger partial charge >= 0.3 is 0 Å². The molecule has 2 aromatic carbocycles. The summed E-state index contributed by atoms with van der Waals surface area (Å²) in [5.41, 5.74) is 2.88. The lowest BCUT2D eigenvalue weighted by molar-refractivity contribution is -0.121. The number of rotatable bonds is 7. The van der Waals surface area contributed by atoms with Gasteiger partial charge in [-0.05, 0) is 29.2 Å². The van der Waals surface area contributed by atoms with Crippen LogP contribution in [-0.2, 0) is 16.1 Å². The predicted octanol–water partition coefficient (Wildman–Crippen LogP) is 4.09. The van der Waals surface area contributed by atoms with E-state index < -0.39 is 0 Å². The molecule has 0 saturated carbocycles. The Morgan fingerprint density at radius 2 is 1.68 bits per heavy atom. The number of hydrogen-bond acceptors (Lipinski definition) is 2. The summed E-state index contributed by atoms with van der Waals surface area (Å²) in [5, 5.41) is 5.82. The SMILES string of the molecule is CC(C)C(=O)Nc1cccc(CNC(=O)CC(C)c2ccccc2)c1. The highest BCUT2D eigenvalue weighted by atomic mass is 16.2. The number of hydrogen-bond donors (Lipinski definition) is 2. The van der Waals surface area contributed by atoms with E-state index in [9.17, 15) is 9.59 Å². The van der Waals surface area contributed by atoms with Crippen LogP contribution >= 0.6 is 0 Å². The average Bonchev–Trinajstić information content (AvgIpc) is 2.61. The first-order valence-corrected chi connectivity index (χ1v) is 8.67. The lowest BCUT2D eigenvalue weighted by atomic mass is 9.97. The van der Waals surface area contributed by atoms with E-state index in [1.54, 1.807) is 0 Å². The summed E-state index contributed by atoms with van der Waals surface area (Å²) in [6.07, 6.45) is 0.452. The molecule has 0 aliphatic heterocycles. The van der Waals surface area contributed by atoms with Gasteiger partial charge in [-0.1, -0.05) is 63.2 Å². The molecular formula is C21H26N2O2. The molecular weight excluding hydrogens is 312 g/mol. The standard InChI is InChI=1S/C21H26N2O2/c1-15(2)21(25)23-19-11-7-8-17(13-19)14-22-20(24)12-16(3)18-9-5-4-6-10-18/h4-11,13,15-16H,12,14H2,1-3H3,(H,22,24)(H,23,25). The molecule has 1 unspecified atom stereocenters. The number of benzene rings is 2. The molecule has 0 heterocycles. The number of amides is 2. The Labute approximate surface area is 149 Å². The number of nitrogens with one attached hydrogen (secondary N) is 2. The first kappa shape index (κ1) is 18.7. The van der Waals surface area contributed by atoms with E-state index in [1.165, 1.54) is 0 Å². The van der Waals surface area contributed by atoms with Crippen molar-refractivity contribution in [1.29, 1.82) is 0 Å². The molecule has 4 heteroatoms. The number of anilines is 1. The van der Waals surface area contributed by atoms with Gasteiger partial charge in [0.25, 0.3) is 0 Å². The molecule has 0 bridgehead atoms. The van der Waals surface area contributed by atoms with Crippen LogP contribution in [0.15, 0.2) is 54.6 Å². The Kier molecular flexibility index (Phi) is 6.75. The van der Waals surface area contributed by atoms with Gasteiger partial charge in [0.1, 0.15) is 0 Å². The molecule has 0 aliphatic rings. The Bertz CT molecular complexity index is 711. The monoisotopic (exact) mass is 338 g/mol. The molecule has 2 N–H and O–H groups in total. The van der Waals surface area contributed by atoms with Crippen molar-refractivity contribution in [3.05, 3.63) is 65.7 Å². The van der Waals surface area contributed by atoms with E-state index in [1.807, 2.05) is 68.4 Å². The van der Waals surface area contributed by atoms with Crippen LogP contribution in [-0.4, -0.2) is 11.8 Å². The van der Waals surface area contributed by atoms with E-state index >= 15 is 0 Å². The summed E-state index contributed by atoms with van der Waals surface area (Å²) >= 11 is 0. The molecule has 25 heavy (non-hydrogen) atoms. The van der Waals surface area contributed by atoms with Gasteiger partial charge in [-0.25, -0.2) is 0 Å². The minimum atomic E-state index is -0.0668. The molecule has 2 amide bonds. The molecule has 132 valence electrons. The summed E-state index contributed by atoms with van der Waals surface area (Å²) in [6.45, 7) is 6.21. The van der Waals surface area contributed by atoms with Gasteiger partial charge in [0.05, 0.1) is 0 Å². The summed E-state index contributed by atoms with van der Waals surface area (Å²) < 4.78 is 0. The second-order valence-corrected chi connectivity index (χ2v) is 6.64. The molecule has 0 fully saturated rings. The average molecular weight is 338 g/mol. The topological polar surface area (TPSA) is 58.2 Å². The zero-order valence-electron chi connectivity index (χ0n) is 15.1. The van der Waals surface area contributed by atoms with Crippen LogP contribution in [0.2, 0.25) is 0 Å². The van der Waals surface area contributed by atoms with Gasteiger partial charge in [0.2, 0.25) is 11.8 Å². The Morgan fingerprint density at radius 3 is 2.36 bits per heavy atom. The lowest BCUT2D eigenvalue weighted by Crippen LogP contribution is -2.24. The summed E-state index contributed by atoms with van der Waals surface area (Å²) in [6, 6.07) is 17.6. The van der Waals surface area contributed by atoms with Crippen LogP contribution in [0.5, 0.6) is 0 Å². The van der Waals surface area contributed by atoms with Crippen molar-refractivity contribution in [3.8, 4) is 0 Å². The zero-order chi connectivity index (χ0) is 18.2. The van der Waals surface area contributed by atoms with E-state index in [4.69, 9.17) is 0 Å². The van der Waals surface area contributed by atoms with Crippen LogP contribution in [0, 0.1) is 5.92 Å². The molecule has 0 aliphatic carbocycles. The molecule has 4 nitrogen and oxygen atoms in total. The number of carbonyl (C=O) groups excluding carboxylic acids is 2. The van der Waals surface area contributed by atoms with Crippen LogP contribution in [0.25, 0.3) is 0 Å². The third-order valence-electron chi connectivity index (χ3n) is 4.07. The smallest absolute Gasteiger partial charge is 0.226 e. The first-order valence-electron chi connectivity index (χ1n) is 8.67. The molecule has 0 spiro atoms. The van der Waals surface area contributed by atoms with Crippen molar-refractivity contribution < 1.29 is 9.59 Å². The van der Waals surface area contributed by atoms with Crippen LogP contribution in [0.4, 0.5) is 5.69 Å². The Balaban J connectivity index is 1.86. The highest BCUT2D eigenvalue weighted by molar-refractivity contribution is 5.92. The van der Waals surface area contributed by atoms with Crippen LogP contribution in [0.1, 0.15) is 44.2 Å². The van der Waals surface area contributed by atoms with E-state index in [0.717, 1.165) is 16.8 Å². The van der Waals surface area contributed by atoms with Gasteiger partial charge < -0.3 is 10.6 Å². The van der Waals surface area contributed by atoms with Gasteiger partial charge in [0.15, 0.2) is 0 Å². The van der Waals surface area contributed by atoms with Crippen LogP contribution in [0.3, 0.4) is 0 Å². The van der Waals surface area contributed by atoms with Crippen molar-refractivity contribution in [2.75, 3.05) is 5.32 Å². The largest absolute Gasteiger partial charge is 0.352 e. The van der Waals surface area contributed by atoms with Crippen molar-refractivity contribution in [2.45, 2.75) is 39.7 Å². The molecule has 2 aromatic rings. The lowest BCUT2D eigenvalue weighted by Gasteiger charge is -2.13. The molecule has 2 rings (SSSR count). The van der Waals surface area contributed by atoms with Gasteiger partial charge in [-0.2, -0.15) is 0 Å². The minimum Gasteiger partial charge on any atom is -0.352 e. The third kappa shape index (κ3) is 6.07. The normalized spacial score (nSPS) is 11.8. The zero-order valence-corrected chi connectivity index (χ0v) is 15.1. The van der Waals surface area contributed by atoms with Crippen molar-refractivity contribution in [3.63, 3.8) is 0 Å². The quantitative estimate of drug-likeness (QED) is 0.799. The molecule has 0 radical (unpaired) electrons. The summed E-state index contributed by atoms with van der Waals surface area (Å²) in [5.74, 6) is 0.117. The second-order valence-electron chi connectivity index (χ2n) is 6.64. The van der Waals surface area contributed by atoms with Gasteiger partial charge in [-0.3, -0.25) is 9.59 Å². The fourth-order valence-electron chi connectivity index (χ4n) is 2.50. The van der Waals surface area contributed by atoms with E-state index in [2.05, 4.69) is 17.6 Å². The van der Waals surface area contributed by atoms with Crippen molar-refractivity contribution in [1.82, 2.24) is 5.32 Å². The van der Waals surface area contributed by atoms with E-state index in [0.29, 0.717) is 13.0 Å². The predicted molar refractivity (Wildman–Crippen MR) is 101 cm³/mol. The summed E-state index contributed by atoms with van der Waals surface area (Å²) in [4.78, 5) is 23.9. The van der Waals surface area contributed by atoms with Gasteiger partial charge in [-0.15, -0.1) is 0 Å². The maximum Gasteiger partial charge on any atom is 0.226 e. The highest BCUT2D eigenvalue weighted by Crippen LogP contribution is 2.18. The maximum atomic E-state index is 12.2. The summed E-state index contributed by atoms with van der Waals surface area (Å²) in [7, 11) is 0. The van der Waals surface area contributed by atoms with E-state index in [-0.39, 0.29) is 23.7 Å². The maximum absolute atomic E-state index is 12.2. The fourth-order valence-corrected chi connectivity index (χ4v) is 2.50.